The molecule has 0 radical (unpaired) electrons. The molecule has 1 fully saturated rings. The maximum Gasteiger partial charge on any atom is 0.203 e. The van der Waals surface area contributed by atoms with Crippen molar-refractivity contribution in [2.45, 2.75) is 12.8 Å². The standard InChI is InChI=1S/C14H20N4/c1-18-13-7-3-2-6-12(13)17-14(18)16-10-11-5-4-8-15-9-11/h2-3,6-7,11,15H,4-5,8-10H2,1H3,(H,16,17). The number of piperidine rings is 1. The van der Waals surface area contributed by atoms with Crippen molar-refractivity contribution in [2.24, 2.45) is 13.0 Å². The van der Waals surface area contributed by atoms with E-state index in [0.29, 0.717) is 0 Å². The first kappa shape index (κ1) is 11.5. The first-order chi connectivity index (χ1) is 8.84. The lowest BCUT2D eigenvalue weighted by molar-refractivity contribution is 0.392. The molecule has 1 aliphatic rings. The number of hydrogen-bond acceptors (Lipinski definition) is 3. The van der Waals surface area contributed by atoms with Gasteiger partial charge < -0.3 is 15.2 Å². The summed E-state index contributed by atoms with van der Waals surface area (Å²) < 4.78 is 2.13. The second-order valence-corrected chi connectivity index (χ2v) is 5.08. The van der Waals surface area contributed by atoms with Crippen molar-refractivity contribution in [1.29, 1.82) is 0 Å². The summed E-state index contributed by atoms with van der Waals surface area (Å²) in [6, 6.07) is 8.25. The summed E-state index contributed by atoms with van der Waals surface area (Å²) >= 11 is 0. The van der Waals surface area contributed by atoms with Crippen LogP contribution in [0.15, 0.2) is 24.3 Å². The van der Waals surface area contributed by atoms with E-state index in [9.17, 15) is 0 Å². The summed E-state index contributed by atoms with van der Waals surface area (Å²) in [5.41, 5.74) is 2.24. The van der Waals surface area contributed by atoms with Crippen molar-refractivity contribution < 1.29 is 0 Å². The normalized spacial score (nSPS) is 20.2. The van der Waals surface area contributed by atoms with Gasteiger partial charge in [-0.3, -0.25) is 0 Å². The summed E-state index contributed by atoms with van der Waals surface area (Å²) in [6.45, 7) is 3.30. The van der Waals surface area contributed by atoms with Crippen LogP contribution in [0.5, 0.6) is 0 Å². The van der Waals surface area contributed by atoms with E-state index in [1.807, 2.05) is 6.07 Å². The van der Waals surface area contributed by atoms with Crippen LogP contribution in [0.25, 0.3) is 11.0 Å². The molecular formula is C14H20N4. The van der Waals surface area contributed by atoms with Crippen molar-refractivity contribution in [3.63, 3.8) is 0 Å². The molecule has 1 aromatic heterocycles. The van der Waals surface area contributed by atoms with Gasteiger partial charge in [0.05, 0.1) is 11.0 Å². The molecule has 4 nitrogen and oxygen atoms in total. The van der Waals surface area contributed by atoms with Gasteiger partial charge >= 0.3 is 0 Å². The molecule has 0 saturated carbocycles. The Balaban J connectivity index is 1.72. The molecule has 96 valence electrons. The Labute approximate surface area is 107 Å². The molecule has 18 heavy (non-hydrogen) atoms. The lowest BCUT2D eigenvalue weighted by Crippen LogP contribution is -2.33. The Morgan fingerprint density at radius 1 is 1.44 bits per heavy atom. The van der Waals surface area contributed by atoms with Crippen LogP contribution in [0.2, 0.25) is 0 Å². The Kier molecular flexibility index (Phi) is 3.19. The lowest BCUT2D eigenvalue weighted by atomic mass is 10.00. The predicted octanol–water partition coefficient (Wildman–Crippen LogP) is 1.98. The van der Waals surface area contributed by atoms with E-state index in [1.54, 1.807) is 0 Å². The van der Waals surface area contributed by atoms with Crippen molar-refractivity contribution in [2.75, 3.05) is 25.0 Å². The topological polar surface area (TPSA) is 41.9 Å². The van der Waals surface area contributed by atoms with Gasteiger partial charge in [-0.15, -0.1) is 0 Å². The third-order valence-corrected chi connectivity index (χ3v) is 3.73. The van der Waals surface area contributed by atoms with Gasteiger partial charge in [-0.2, -0.15) is 0 Å². The molecular weight excluding hydrogens is 224 g/mol. The number of hydrogen-bond donors (Lipinski definition) is 2. The molecule has 1 aromatic carbocycles. The number of fused-ring (bicyclic) bond motifs is 1. The van der Waals surface area contributed by atoms with Gasteiger partial charge in [0.2, 0.25) is 5.95 Å². The number of anilines is 1. The number of imidazole rings is 1. The van der Waals surface area contributed by atoms with Crippen molar-refractivity contribution in [3.05, 3.63) is 24.3 Å². The fourth-order valence-electron chi connectivity index (χ4n) is 2.64. The minimum absolute atomic E-state index is 0.721. The molecule has 3 rings (SSSR count). The predicted molar refractivity (Wildman–Crippen MR) is 74.8 cm³/mol. The molecule has 2 aromatic rings. The first-order valence-corrected chi connectivity index (χ1v) is 6.70. The summed E-state index contributed by atoms with van der Waals surface area (Å²) in [5.74, 6) is 1.69. The number of rotatable bonds is 3. The van der Waals surface area contributed by atoms with Gasteiger partial charge in [0.1, 0.15) is 0 Å². The quantitative estimate of drug-likeness (QED) is 0.867. The number of aromatic nitrogens is 2. The van der Waals surface area contributed by atoms with Crippen LogP contribution in [0.4, 0.5) is 5.95 Å². The molecule has 0 amide bonds. The average Bonchev–Trinajstić information content (AvgIpc) is 2.75. The van der Waals surface area contributed by atoms with Gasteiger partial charge in [-0.1, -0.05) is 12.1 Å². The molecule has 0 spiro atoms. The molecule has 2 heterocycles. The minimum atomic E-state index is 0.721. The molecule has 0 aliphatic carbocycles. The van der Waals surface area contributed by atoms with Crippen LogP contribution in [-0.4, -0.2) is 29.2 Å². The number of aryl methyl sites for hydroxylation is 1. The maximum absolute atomic E-state index is 4.63. The fourth-order valence-corrected chi connectivity index (χ4v) is 2.64. The van der Waals surface area contributed by atoms with E-state index < -0.39 is 0 Å². The van der Waals surface area contributed by atoms with Gasteiger partial charge in [0.15, 0.2) is 0 Å². The highest BCUT2D eigenvalue weighted by Gasteiger charge is 2.14. The van der Waals surface area contributed by atoms with Crippen LogP contribution in [-0.2, 0) is 7.05 Å². The van der Waals surface area contributed by atoms with Gasteiger partial charge in [0.25, 0.3) is 0 Å². The van der Waals surface area contributed by atoms with Gasteiger partial charge in [0, 0.05) is 13.6 Å². The van der Waals surface area contributed by atoms with Crippen molar-refractivity contribution >= 4 is 17.0 Å². The SMILES string of the molecule is Cn1c(NCC2CCCNC2)nc2ccccc21. The molecule has 1 saturated heterocycles. The Morgan fingerprint density at radius 2 is 2.33 bits per heavy atom. The largest absolute Gasteiger partial charge is 0.355 e. The molecule has 1 atom stereocenters. The van der Waals surface area contributed by atoms with Crippen LogP contribution in [0.3, 0.4) is 0 Å². The van der Waals surface area contributed by atoms with Crippen molar-refractivity contribution in [1.82, 2.24) is 14.9 Å². The highest BCUT2D eigenvalue weighted by Crippen LogP contribution is 2.18. The zero-order valence-corrected chi connectivity index (χ0v) is 10.8. The summed E-state index contributed by atoms with van der Waals surface area (Å²) in [6.07, 6.45) is 2.60. The second-order valence-electron chi connectivity index (χ2n) is 5.08. The molecule has 1 aliphatic heterocycles. The lowest BCUT2D eigenvalue weighted by Gasteiger charge is -2.23. The zero-order chi connectivity index (χ0) is 12.4. The monoisotopic (exact) mass is 244 g/mol. The van der Waals surface area contributed by atoms with E-state index in [-0.39, 0.29) is 0 Å². The van der Waals surface area contributed by atoms with Crippen molar-refractivity contribution in [3.8, 4) is 0 Å². The van der Waals surface area contributed by atoms with E-state index in [2.05, 4.69) is 45.4 Å². The minimum Gasteiger partial charge on any atom is -0.355 e. The van der Waals surface area contributed by atoms with Crippen LogP contribution >= 0.6 is 0 Å². The van der Waals surface area contributed by atoms with E-state index >= 15 is 0 Å². The fraction of sp³-hybridized carbons (Fsp3) is 0.500. The number of nitrogens with one attached hydrogen (secondary N) is 2. The Bertz CT molecular complexity index is 526. The van der Waals surface area contributed by atoms with E-state index in [0.717, 1.165) is 30.5 Å². The molecule has 1 unspecified atom stereocenters. The summed E-state index contributed by atoms with van der Waals surface area (Å²) in [5, 5.41) is 6.93. The van der Waals surface area contributed by atoms with E-state index in [4.69, 9.17) is 0 Å². The Hall–Kier alpha value is -1.55. The highest BCUT2D eigenvalue weighted by molar-refractivity contribution is 5.78. The highest BCUT2D eigenvalue weighted by atomic mass is 15.2. The summed E-state index contributed by atoms with van der Waals surface area (Å²) in [4.78, 5) is 4.63. The van der Waals surface area contributed by atoms with Crippen LogP contribution in [0.1, 0.15) is 12.8 Å². The number of para-hydroxylation sites is 2. The molecule has 2 N–H and O–H groups in total. The maximum atomic E-state index is 4.63. The molecule has 0 bridgehead atoms. The first-order valence-electron chi connectivity index (χ1n) is 6.70. The van der Waals surface area contributed by atoms with Gasteiger partial charge in [-0.05, 0) is 44.0 Å². The third-order valence-electron chi connectivity index (χ3n) is 3.73. The van der Waals surface area contributed by atoms with Crippen LogP contribution < -0.4 is 10.6 Å². The smallest absolute Gasteiger partial charge is 0.203 e. The third kappa shape index (κ3) is 2.20. The Morgan fingerprint density at radius 3 is 3.11 bits per heavy atom. The van der Waals surface area contributed by atoms with Crippen LogP contribution in [0, 0.1) is 5.92 Å². The van der Waals surface area contributed by atoms with E-state index in [1.165, 1.54) is 24.9 Å². The second kappa shape index (κ2) is 4.98. The van der Waals surface area contributed by atoms with Gasteiger partial charge in [-0.25, -0.2) is 4.98 Å². The summed E-state index contributed by atoms with van der Waals surface area (Å²) in [7, 11) is 2.07. The zero-order valence-electron chi connectivity index (χ0n) is 10.8. The number of benzene rings is 1. The number of nitrogens with zero attached hydrogens (tertiary/aromatic N) is 2. The molecule has 4 heteroatoms. The average molecular weight is 244 g/mol.